The highest BCUT2D eigenvalue weighted by molar-refractivity contribution is 5.42. The molecule has 1 saturated carbocycles. The smallest absolute Gasteiger partial charge is 0.120 e. The standard InChI is InChI=1S/C13H20N2O/c1-15(2)8-10-7-11(3-4-12(10)16)13(9-14)5-6-13/h3-4,7,16H,5-6,8-9,14H2,1-2H3. The molecule has 1 aliphatic carbocycles. The number of nitrogens with zero attached hydrogens (tertiary/aromatic N) is 1. The van der Waals surface area contributed by atoms with Gasteiger partial charge in [0.1, 0.15) is 5.75 Å². The highest BCUT2D eigenvalue weighted by atomic mass is 16.3. The van der Waals surface area contributed by atoms with Gasteiger partial charge in [-0.1, -0.05) is 12.1 Å². The van der Waals surface area contributed by atoms with Crippen molar-refractivity contribution >= 4 is 0 Å². The van der Waals surface area contributed by atoms with Crippen molar-refractivity contribution in [2.24, 2.45) is 5.73 Å². The van der Waals surface area contributed by atoms with Crippen molar-refractivity contribution < 1.29 is 5.11 Å². The maximum atomic E-state index is 9.78. The number of hydrogen-bond acceptors (Lipinski definition) is 3. The molecule has 1 aromatic carbocycles. The molecule has 0 heterocycles. The first-order valence-corrected chi connectivity index (χ1v) is 5.74. The van der Waals surface area contributed by atoms with Crippen molar-refractivity contribution in [3.05, 3.63) is 29.3 Å². The van der Waals surface area contributed by atoms with Crippen LogP contribution in [-0.2, 0) is 12.0 Å². The summed E-state index contributed by atoms with van der Waals surface area (Å²) in [6, 6.07) is 5.91. The van der Waals surface area contributed by atoms with E-state index >= 15 is 0 Å². The Labute approximate surface area is 96.9 Å². The summed E-state index contributed by atoms with van der Waals surface area (Å²) in [7, 11) is 4.00. The maximum absolute atomic E-state index is 9.78. The van der Waals surface area contributed by atoms with Crippen LogP contribution >= 0.6 is 0 Å². The van der Waals surface area contributed by atoms with Crippen molar-refractivity contribution in [2.45, 2.75) is 24.8 Å². The SMILES string of the molecule is CN(C)Cc1cc(C2(CN)CC2)ccc1O. The highest BCUT2D eigenvalue weighted by Crippen LogP contribution is 2.47. The first-order valence-electron chi connectivity index (χ1n) is 5.74. The molecule has 16 heavy (non-hydrogen) atoms. The number of rotatable bonds is 4. The van der Waals surface area contributed by atoms with Gasteiger partial charge in [-0.25, -0.2) is 0 Å². The van der Waals surface area contributed by atoms with Crippen LogP contribution in [0.5, 0.6) is 5.75 Å². The molecule has 0 amide bonds. The van der Waals surface area contributed by atoms with E-state index in [9.17, 15) is 5.11 Å². The second-order valence-corrected chi connectivity index (χ2v) is 5.07. The predicted molar refractivity (Wildman–Crippen MR) is 65.5 cm³/mol. The van der Waals surface area contributed by atoms with Gasteiger partial charge in [-0.2, -0.15) is 0 Å². The van der Waals surface area contributed by atoms with Gasteiger partial charge in [0.2, 0.25) is 0 Å². The third-order valence-electron chi connectivity index (χ3n) is 3.42. The largest absolute Gasteiger partial charge is 0.508 e. The molecule has 1 aromatic rings. The Morgan fingerprint density at radius 1 is 1.38 bits per heavy atom. The summed E-state index contributed by atoms with van der Waals surface area (Å²) in [5.74, 6) is 0.380. The number of aromatic hydroxyl groups is 1. The number of phenols is 1. The number of nitrogens with two attached hydrogens (primary N) is 1. The fourth-order valence-corrected chi connectivity index (χ4v) is 2.14. The van der Waals surface area contributed by atoms with Crippen molar-refractivity contribution in [3.8, 4) is 5.75 Å². The fraction of sp³-hybridized carbons (Fsp3) is 0.538. The molecule has 1 aliphatic rings. The first kappa shape index (κ1) is 11.4. The Morgan fingerprint density at radius 2 is 2.06 bits per heavy atom. The molecule has 0 unspecified atom stereocenters. The number of hydrogen-bond donors (Lipinski definition) is 2. The Balaban J connectivity index is 2.28. The van der Waals surface area contributed by atoms with Gasteiger partial charge in [-0.05, 0) is 38.6 Å². The monoisotopic (exact) mass is 220 g/mol. The lowest BCUT2D eigenvalue weighted by atomic mass is 9.94. The molecule has 0 radical (unpaired) electrons. The molecule has 0 atom stereocenters. The Kier molecular flexibility index (Phi) is 2.91. The molecule has 0 aromatic heterocycles. The minimum Gasteiger partial charge on any atom is -0.508 e. The third-order valence-corrected chi connectivity index (χ3v) is 3.42. The molecule has 1 fully saturated rings. The van der Waals surface area contributed by atoms with Gasteiger partial charge in [0.05, 0.1) is 0 Å². The zero-order valence-corrected chi connectivity index (χ0v) is 10.0. The van der Waals surface area contributed by atoms with Crippen LogP contribution in [0.3, 0.4) is 0 Å². The van der Waals surface area contributed by atoms with Crippen LogP contribution in [0.15, 0.2) is 18.2 Å². The summed E-state index contributed by atoms with van der Waals surface area (Å²) in [6.07, 6.45) is 2.35. The fourth-order valence-electron chi connectivity index (χ4n) is 2.14. The zero-order valence-electron chi connectivity index (χ0n) is 10.0. The van der Waals surface area contributed by atoms with Crippen LogP contribution in [0.4, 0.5) is 0 Å². The molecule has 2 rings (SSSR count). The van der Waals surface area contributed by atoms with Gasteiger partial charge < -0.3 is 15.7 Å². The first-order chi connectivity index (χ1) is 7.57. The lowest BCUT2D eigenvalue weighted by Gasteiger charge is -2.17. The predicted octanol–water partition coefficient (Wildman–Crippen LogP) is 1.44. The van der Waals surface area contributed by atoms with E-state index in [1.54, 1.807) is 6.07 Å². The maximum Gasteiger partial charge on any atom is 0.120 e. The second kappa shape index (κ2) is 4.07. The topological polar surface area (TPSA) is 49.5 Å². The van der Waals surface area contributed by atoms with E-state index in [4.69, 9.17) is 5.73 Å². The third kappa shape index (κ3) is 2.06. The van der Waals surface area contributed by atoms with Crippen LogP contribution in [0.25, 0.3) is 0 Å². The van der Waals surface area contributed by atoms with Gasteiger partial charge in [0, 0.05) is 24.1 Å². The minimum atomic E-state index is 0.203. The molecule has 0 aliphatic heterocycles. The minimum absolute atomic E-state index is 0.203. The van der Waals surface area contributed by atoms with Crippen LogP contribution in [-0.4, -0.2) is 30.6 Å². The number of benzene rings is 1. The van der Waals surface area contributed by atoms with Gasteiger partial charge >= 0.3 is 0 Å². The zero-order chi connectivity index (χ0) is 11.8. The summed E-state index contributed by atoms with van der Waals surface area (Å²) in [4.78, 5) is 2.06. The van der Waals surface area contributed by atoms with E-state index in [0.717, 1.165) is 12.1 Å². The van der Waals surface area contributed by atoms with Crippen molar-refractivity contribution in [3.63, 3.8) is 0 Å². The Morgan fingerprint density at radius 3 is 2.56 bits per heavy atom. The molecular formula is C13H20N2O. The molecule has 3 N–H and O–H groups in total. The highest BCUT2D eigenvalue weighted by Gasteiger charge is 2.42. The summed E-state index contributed by atoms with van der Waals surface area (Å²) in [5, 5.41) is 9.78. The molecule has 0 bridgehead atoms. The van der Waals surface area contributed by atoms with Crippen molar-refractivity contribution in [2.75, 3.05) is 20.6 Å². The van der Waals surface area contributed by atoms with E-state index in [2.05, 4.69) is 11.0 Å². The summed E-state index contributed by atoms with van der Waals surface area (Å²) >= 11 is 0. The average molecular weight is 220 g/mol. The summed E-state index contributed by atoms with van der Waals surface area (Å²) in [5.41, 5.74) is 8.29. The van der Waals surface area contributed by atoms with Crippen LogP contribution in [0.2, 0.25) is 0 Å². The molecule has 3 heteroatoms. The molecule has 0 spiro atoms. The number of phenolic OH excluding ortho intramolecular Hbond substituents is 1. The van der Waals surface area contributed by atoms with E-state index in [0.29, 0.717) is 12.3 Å². The van der Waals surface area contributed by atoms with E-state index in [1.807, 2.05) is 20.2 Å². The van der Waals surface area contributed by atoms with Gasteiger partial charge in [-0.3, -0.25) is 0 Å². The summed E-state index contributed by atoms with van der Waals surface area (Å²) in [6.45, 7) is 1.47. The van der Waals surface area contributed by atoms with Crippen LogP contribution < -0.4 is 5.73 Å². The normalized spacial score (nSPS) is 17.8. The van der Waals surface area contributed by atoms with Crippen LogP contribution in [0, 0.1) is 0 Å². The lowest BCUT2D eigenvalue weighted by Crippen LogP contribution is -2.20. The van der Waals surface area contributed by atoms with Crippen LogP contribution in [0.1, 0.15) is 24.0 Å². The van der Waals surface area contributed by atoms with E-state index < -0.39 is 0 Å². The lowest BCUT2D eigenvalue weighted by molar-refractivity contribution is 0.385. The Hall–Kier alpha value is -1.06. The molecular weight excluding hydrogens is 200 g/mol. The van der Waals surface area contributed by atoms with Crippen molar-refractivity contribution in [1.29, 1.82) is 0 Å². The van der Waals surface area contributed by atoms with Gasteiger partial charge in [-0.15, -0.1) is 0 Å². The van der Waals surface area contributed by atoms with E-state index in [-0.39, 0.29) is 5.41 Å². The van der Waals surface area contributed by atoms with Crippen molar-refractivity contribution in [1.82, 2.24) is 4.90 Å². The summed E-state index contributed by atoms with van der Waals surface area (Å²) < 4.78 is 0. The molecule has 0 saturated heterocycles. The second-order valence-electron chi connectivity index (χ2n) is 5.07. The molecule has 3 nitrogen and oxygen atoms in total. The molecule has 88 valence electrons. The van der Waals surface area contributed by atoms with Gasteiger partial charge in [0.25, 0.3) is 0 Å². The average Bonchev–Trinajstić information content (AvgIpc) is 3.01. The Bertz CT molecular complexity index is 384. The quantitative estimate of drug-likeness (QED) is 0.807. The van der Waals surface area contributed by atoms with E-state index in [1.165, 1.54) is 18.4 Å². The van der Waals surface area contributed by atoms with Gasteiger partial charge in [0.15, 0.2) is 0 Å².